The third-order valence-corrected chi connectivity index (χ3v) is 4.57. The van der Waals surface area contributed by atoms with E-state index in [-0.39, 0.29) is 5.91 Å². The van der Waals surface area contributed by atoms with Crippen molar-refractivity contribution in [2.45, 2.75) is 33.2 Å². The van der Waals surface area contributed by atoms with Gasteiger partial charge in [0.05, 0.1) is 12.1 Å². The van der Waals surface area contributed by atoms with Crippen LogP contribution in [0.3, 0.4) is 0 Å². The highest BCUT2D eigenvalue weighted by Gasteiger charge is 2.13. The second-order valence-corrected chi connectivity index (χ2v) is 6.22. The summed E-state index contributed by atoms with van der Waals surface area (Å²) in [5.41, 5.74) is 4.27. The third kappa shape index (κ3) is 3.35. The van der Waals surface area contributed by atoms with Crippen molar-refractivity contribution in [1.82, 2.24) is 19.7 Å². The molecular weight excluding hydrogens is 300 g/mol. The number of rotatable bonds is 6. The standard InChI is InChI=1S/C19H24N4O/c1-14-17(15(2)22(3)21-14)13-19(24)20-10-6-11-23-12-9-16-7-4-5-8-18(16)23/h4-5,7-9,12H,6,10-11,13H2,1-3H3,(H,20,24). The lowest BCUT2D eigenvalue weighted by molar-refractivity contribution is -0.120. The molecule has 2 aromatic heterocycles. The summed E-state index contributed by atoms with van der Waals surface area (Å²) in [5.74, 6) is 0.0616. The molecule has 1 aromatic carbocycles. The quantitative estimate of drug-likeness (QED) is 0.709. The molecule has 1 N–H and O–H groups in total. The molecule has 126 valence electrons. The van der Waals surface area contributed by atoms with Gasteiger partial charge in [0.1, 0.15) is 0 Å². The molecule has 24 heavy (non-hydrogen) atoms. The zero-order valence-corrected chi connectivity index (χ0v) is 14.5. The van der Waals surface area contributed by atoms with Gasteiger partial charge in [0.25, 0.3) is 0 Å². The summed E-state index contributed by atoms with van der Waals surface area (Å²) in [6, 6.07) is 10.5. The Morgan fingerprint density at radius 2 is 2.00 bits per heavy atom. The summed E-state index contributed by atoms with van der Waals surface area (Å²) in [5, 5.41) is 8.63. The van der Waals surface area contributed by atoms with E-state index in [0.29, 0.717) is 13.0 Å². The maximum atomic E-state index is 12.1. The van der Waals surface area contributed by atoms with Gasteiger partial charge in [0.15, 0.2) is 0 Å². The number of carbonyl (C=O) groups excluding carboxylic acids is 1. The lowest BCUT2D eigenvalue weighted by Gasteiger charge is -2.08. The minimum atomic E-state index is 0.0616. The van der Waals surface area contributed by atoms with Gasteiger partial charge < -0.3 is 9.88 Å². The summed E-state index contributed by atoms with van der Waals surface area (Å²) in [7, 11) is 1.91. The number of hydrogen-bond acceptors (Lipinski definition) is 2. The molecular formula is C19H24N4O. The monoisotopic (exact) mass is 324 g/mol. The van der Waals surface area contributed by atoms with Gasteiger partial charge in [-0.3, -0.25) is 9.48 Å². The fraction of sp³-hybridized carbons (Fsp3) is 0.368. The van der Waals surface area contributed by atoms with Crippen molar-refractivity contribution in [2.75, 3.05) is 6.54 Å². The van der Waals surface area contributed by atoms with Crippen molar-refractivity contribution in [2.24, 2.45) is 7.05 Å². The van der Waals surface area contributed by atoms with Crippen molar-refractivity contribution in [1.29, 1.82) is 0 Å². The first-order valence-electron chi connectivity index (χ1n) is 8.36. The van der Waals surface area contributed by atoms with Gasteiger partial charge in [-0.05, 0) is 37.8 Å². The number of nitrogens with one attached hydrogen (secondary N) is 1. The van der Waals surface area contributed by atoms with E-state index in [2.05, 4.69) is 51.5 Å². The fourth-order valence-electron chi connectivity index (χ4n) is 3.11. The van der Waals surface area contributed by atoms with Crippen LogP contribution in [0, 0.1) is 13.8 Å². The van der Waals surface area contributed by atoms with Crippen molar-refractivity contribution < 1.29 is 4.79 Å². The lowest BCUT2D eigenvalue weighted by Crippen LogP contribution is -2.27. The van der Waals surface area contributed by atoms with Crippen molar-refractivity contribution in [3.05, 3.63) is 53.5 Å². The Kier molecular flexibility index (Phi) is 4.69. The minimum Gasteiger partial charge on any atom is -0.356 e. The Morgan fingerprint density at radius 3 is 2.75 bits per heavy atom. The van der Waals surface area contributed by atoms with Crippen molar-refractivity contribution in [3.8, 4) is 0 Å². The molecule has 0 atom stereocenters. The molecule has 0 saturated carbocycles. The largest absolute Gasteiger partial charge is 0.356 e. The van der Waals surface area contributed by atoms with Crippen LogP contribution < -0.4 is 5.32 Å². The maximum absolute atomic E-state index is 12.1. The highest BCUT2D eigenvalue weighted by atomic mass is 16.1. The molecule has 0 fully saturated rings. The van der Waals surface area contributed by atoms with E-state index in [1.807, 2.05) is 25.6 Å². The Morgan fingerprint density at radius 1 is 1.21 bits per heavy atom. The van der Waals surface area contributed by atoms with Gasteiger partial charge in [0, 0.05) is 43.1 Å². The van der Waals surface area contributed by atoms with Gasteiger partial charge in [0.2, 0.25) is 5.91 Å². The molecule has 5 heteroatoms. The van der Waals surface area contributed by atoms with E-state index in [0.717, 1.165) is 29.9 Å². The normalized spacial score (nSPS) is 11.1. The van der Waals surface area contributed by atoms with Crippen LogP contribution in [0.4, 0.5) is 0 Å². The number of hydrogen-bond donors (Lipinski definition) is 1. The Labute approximate surface area is 142 Å². The maximum Gasteiger partial charge on any atom is 0.224 e. The van der Waals surface area contributed by atoms with E-state index in [1.165, 1.54) is 10.9 Å². The molecule has 0 spiro atoms. The number of carbonyl (C=O) groups is 1. The zero-order valence-electron chi connectivity index (χ0n) is 14.5. The van der Waals surface area contributed by atoms with E-state index in [9.17, 15) is 4.79 Å². The summed E-state index contributed by atoms with van der Waals surface area (Å²) >= 11 is 0. The molecule has 2 heterocycles. The van der Waals surface area contributed by atoms with Gasteiger partial charge >= 0.3 is 0 Å². The summed E-state index contributed by atoms with van der Waals surface area (Å²) < 4.78 is 4.06. The SMILES string of the molecule is Cc1nn(C)c(C)c1CC(=O)NCCCn1ccc2ccccc21. The van der Waals surface area contributed by atoms with Gasteiger partial charge in [-0.25, -0.2) is 0 Å². The molecule has 0 aliphatic heterocycles. The van der Waals surface area contributed by atoms with Crippen molar-refractivity contribution >= 4 is 16.8 Å². The van der Waals surface area contributed by atoms with Gasteiger partial charge in [-0.2, -0.15) is 5.10 Å². The minimum absolute atomic E-state index is 0.0616. The molecule has 1 amide bonds. The number of fused-ring (bicyclic) bond motifs is 1. The second kappa shape index (κ2) is 6.91. The van der Waals surface area contributed by atoms with Crippen LogP contribution >= 0.6 is 0 Å². The molecule has 0 unspecified atom stereocenters. The van der Waals surface area contributed by atoms with E-state index in [4.69, 9.17) is 0 Å². The molecule has 0 aliphatic carbocycles. The second-order valence-electron chi connectivity index (χ2n) is 6.22. The van der Waals surface area contributed by atoms with E-state index in [1.54, 1.807) is 0 Å². The first-order valence-corrected chi connectivity index (χ1v) is 8.36. The van der Waals surface area contributed by atoms with Gasteiger partial charge in [-0.15, -0.1) is 0 Å². The van der Waals surface area contributed by atoms with Crippen LogP contribution in [-0.2, 0) is 24.8 Å². The number of aryl methyl sites for hydroxylation is 3. The first-order chi connectivity index (χ1) is 11.6. The van der Waals surface area contributed by atoms with Crippen LogP contribution in [0.25, 0.3) is 10.9 Å². The molecule has 0 bridgehead atoms. The topological polar surface area (TPSA) is 51.9 Å². The van der Waals surface area contributed by atoms with Crippen LogP contribution in [0.5, 0.6) is 0 Å². The molecule has 0 aliphatic rings. The Bertz CT molecular complexity index is 860. The highest BCUT2D eigenvalue weighted by molar-refractivity contribution is 5.80. The number of aromatic nitrogens is 3. The van der Waals surface area contributed by atoms with Crippen LogP contribution in [0.2, 0.25) is 0 Å². The smallest absolute Gasteiger partial charge is 0.224 e. The fourth-order valence-corrected chi connectivity index (χ4v) is 3.11. The Hall–Kier alpha value is -2.56. The lowest BCUT2D eigenvalue weighted by atomic mass is 10.1. The third-order valence-electron chi connectivity index (χ3n) is 4.57. The van der Waals surface area contributed by atoms with Crippen LogP contribution in [0.15, 0.2) is 36.5 Å². The van der Waals surface area contributed by atoms with E-state index >= 15 is 0 Å². The molecule has 5 nitrogen and oxygen atoms in total. The summed E-state index contributed by atoms with van der Waals surface area (Å²) in [6.07, 6.45) is 3.42. The van der Waals surface area contributed by atoms with Crippen LogP contribution in [0.1, 0.15) is 23.4 Å². The average Bonchev–Trinajstić information content (AvgIpc) is 3.08. The molecule has 3 aromatic rings. The predicted octanol–water partition coefficient (Wildman–Crippen LogP) is 2.74. The number of amides is 1. The van der Waals surface area contributed by atoms with Gasteiger partial charge in [-0.1, -0.05) is 18.2 Å². The van der Waals surface area contributed by atoms with Crippen LogP contribution in [-0.4, -0.2) is 26.8 Å². The number of nitrogens with zero attached hydrogens (tertiary/aromatic N) is 3. The number of para-hydroxylation sites is 1. The number of benzene rings is 1. The Balaban J connectivity index is 1.49. The predicted molar refractivity (Wildman–Crippen MR) is 96.0 cm³/mol. The first kappa shape index (κ1) is 16.3. The summed E-state index contributed by atoms with van der Waals surface area (Å²) in [4.78, 5) is 12.1. The van der Waals surface area contributed by atoms with Crippen molar-refractivity contribution in [3.63, 3.8) is 0 Å². The summed E-state index contributed by atoms with van der Waals surface area (Å²) in [6.45, 7) is 5.54. The van der Waals surface area contributed by atoms with E-state index < -0.39 is 0 Å². The highest BCUT2D eigenvalue weighted by Crippen LogP contribution is 2.15. The molecule has 0 saturated heterocycles. The average molecular weight is 324 g/mol. The molecule has 0 radical (unpaired) electrons. The zero-order chi connectivity index (χ0) is 17.1. The molecule has 3 rings (SSSR count).